The number of fused-ring (bicyclic) bond motifs is 1. The number of aryl methyl sites for hydroxylation is 1. The van der Waals surface area contributed by atoms with E-state index in [1.807, 2.05) is 19.2 Å². The van der Waals surface area contributed by atoms with E-state index in [4.69, 9.17) is 0 Å². The molecule has 1 fully saturated rings. The number of nitrogens with zero attached hydrogens (tertiary/aromatic N) is 3. The Morgan fingerprint density at radius 1 is 1.37 bits per heavy atom. The third-order valence-corrected chi connectivity index (χ3v) is 3.74. The van der Waals surface area contributed by atoms with Gasteiger partial charge in [0.15, 0.2) is 5.65 Å². The smallest absolute Gasteiger partial charge is 0.257 e. The van der Waals surface area contributed by atoms with Gasteiger partial charge in [-0.3, -0.25) is 4.79 Å². The highest BCUT2D eigenvalue weighted by Crippen LogP contribution is 2.19. The molecule has 1 saturated carbocycles. The van der Waals surface area contributed by atoms with Gasteiger partial charge in [-0.05, 0) is 25.8 Å². The molecule has 2 aromatic heterocycles. The van der Waals surface area contributed by atoms with E-state index >= 15 is 0 Å². The molecule has 2 heterocycles. The van der Waals surface area contributed by atoms with Crippen LogP contribution in [0, 0.1) is 6.92 Å². The summed E-state index contributed by atoms with van der Waals surface area (Å²) >= 11 is 0. The van der Waals surface area contributed by atoms with Gasteiger partial charge in [0.05, 0.1) is 5.69 Å². The Labute approximate surface area is 112 Å². The van der Waals surface area contributed by atoms with E-state index in [1.54, 1.807) is 10.7 Å². The molecule has 19 heavy (non-hydrogen) atoms. The van der Waals surface area contributed by atoms with Crippen LogP contribution in [0.15, 0.2) is 18.5 Å². The number of aromatic nitrogens is 3. The summed E-state index contributed by atoms with van der Waals surface area (Å²) in [5.41, 5.74) is 1.96. The molecule has 1 aliphatic carbocycles. The molecule has 0 atom stereocenters. The van der Waals surface area contributed by atoms with Gasteiger partial charge < -0.3 is 5.32 Å². The van der Waals surface area contributed by atoms with Crippen molar-refractivity contribution in [2.24, 2.45) is 0 Å². The number of hydrogen-bond donors (Lipinski definition) is 1. The molecule has 1 N–H and O–H groups in total. The second-order valence-electron chi connectivity index (χ2n) is 5.16. The standard InChI is InChI=1S/C14H18N4O/c1-10-12(13-15-8-5-9-18(13)17-10)14(19)16-11-6-3-2-4-7-11/h5,8-9,11H,2-4,6-7H2,1H3,(H,16,19). The summed E-state index contributed by atoms with van der Waals surface area (Å²) in [6, 6.07) is 2.11. The summed E-state index contributed by atoms with van der Waals surface area (Å²) in [5, 5.41) is 7.44. The van der Waals surface area contributed by atoms with Crippen molar-refractivity contribution in [2.45, 2.75) is 45.1 Å². The van der Waals surface area contributed by atoms with Crippen LogP contribution < -0.4 is 5.32 Å². The average Bonchev–Trinajstić information content (AvgIpc) is 2.75. The number of carbonyl (C=O) groups excluding carboxylic acids is 1. The molecule has 1 amide bonds. The van der Waals surface area contributed by atoms with Crippen molar-refractivity contribution >= 4 is 11.6 Å². The number of amides is 1. The molecule has 0 aliphatic heterocycles. The van der Waals surface area contributed by atoms with E-state index in [0.717, 1.165) is 18.5 Å². The van der Waals surface area contributed by atoms with Crippen LogP contribution >= 0.6 is 0 Å². The van der Waals surface area contributed by atoms with Crippen LogP contribution in [-0.4, -0.2) is 26.5 Å². The first kappa shape index (κ1) is 12.1. The lowest BCUT2D eigenvalue weighted by Gasteiger charge is -2.22. The zero-order chi connectivity index (χ0) is 13.2. The summed E-state index contributed by atoms with van der Waals surface area (Å²) in [7, 11) is 0. The van der Waals surface area contributed by atoms with Gasteiger partial charge in [-0.2, -0.15) is 5.10 Å². The minimum atomic E-state index is -0.0434. The first-order valence-electron chi connectivity index (χ1n) is 6.86. The predicted molar refractivity (Wildman–Crippen MR) is 72.1 cm³/mol. The van der Waals surface area contributed by atoms with Crippen LogP contribution in [0.4, 0.5) is 0 Å². The topological polar surface area (TPSA) is 59.3 Å². The second kappa shape index (κ2) is 4.99. The summed E-state index contributed by atoms with van der Waals surface area (Å²) in [6.07, 6.45) is 9.35. The molecule has 5 nitrogen and oxygen atoms in total. The van der Waals surface area contributed by atoms with Gasteiger partial charge in [-0.1, -0.05) is 19.3 Å². The molecule has 5 heteroatoms. The number of nitrogens with one attached hydrogen (secondary N) is 1. The summed E-state index contributed by atoms with van der Waals surface area (Å²) in [5.74, 6) is -0.0434. The van der Waals surface area contributed by atoms with E-state index < -0.39 is 0 Å². The lowest BCUT2D eigenvalue weighted by atomic mass is 9.95. The van der Waals surface area contributed by atoms with Gasteiger partial charge in [0.25, 0.3) is 5.91 Å². The zero-order valence-electron chi connectivity index (χ0n) is 11.1. The highest BCUT2D eigenvalue weighted by molar-refractivity contribution is 6.01. The van der Waals surface area contributed by atoms with Gasteiger partial charge in [0, 0.05) is 18.4 Å². The fourth-order valence-electron chi connectivity index (χ4n) is 2.77. The molecule has 3 rings (SSSR count). The third-order valence-electron chi connectivity index (χ3n) is 3.74. The third kappa shape index (κ3) is 2.32. The minimum absolute atomic E-state index is 0.0434. The zero-order valence-corrected chi connectivity index (χ0v) is 11.1. The first-order valence-corrected chi connectivity index (χ1v) is 6.86. The lowest BCUT2D eigenvalue weighted by molar-refractivity contribution is 0.0928. The molecule has 0 saturated heterocycles. The minimum Gasteiger partial charge on any atom is -0.349 e. The molecule has 2 aromatic rings. The van der Waals surface area contributed by atoms with E-state index in [0.29, 0.717) is 17.3 Å². The van der Waals surface area contributed by atoms with Gasteiger partial charge in [0.2, 0.25) is 0 Å². The highest BCUT2D eigenvalue weighted by Gasteiger charge is 2.21. The van der Waals surface area contributed by atoms with Crippen molar-refractivity contribution in [3.8, 4) is 0 Å². The lowest BCUT2D eigenvalue weighted by Crippen LogP contribution is -2.36. The Morgan fingerprint density at radius 3 is 2.95 bits per heavy atom. The second-order valence-corrected chi connectivity index (χ2v) is 5.16. The van der Waals surface area contributed by atoms with E-state index in [-0.39, 0.29) is 5.91 Å². The van der Waals surface area contributed by atoms with Gasteiger partial charge in [0.1, 0.15) is 5.56 Å². The Hall–Kier alpha value is -1.91. The first-order chi connectivity index (χ1) is 9.25. The van der Waals surface area contributed by atoms with Gasteiger partial charge in [-0.15, -0.1) is 0 Å². The molecule has 0 unspecified atom stereocenters. The van der Waals surface area contributed by atoms with Crippen molar-refractivity contribution in [2.75, 3.05) is 0 Å². The molecular formula is C14H18N4O. The monoisotopic (exact) mass is 258 g/mol. The van der Waals surface area contributed by atoms with Crippen molar-refractivity contribution < 1.29 is 4.79 Å². The van der Waals surface area contributed by atoms with Crippen LogP contribution in [0.25, 0.3) is 5.65 Å². The summed E-state index contributed by atoms with van der Waals surface area (Å²) < 4.78 is 1.66. The number of hydrogen-bond acceptors (Lipinski definition) is 3. The SMILES string of the molecule is Cc1nn2cccnc2c1C(=O)NC1CCCCC1. The Kier molecular flexibility index (Phi) is 3.19. The molecule has 100 valence electrons. The van der Waals surface area contributed by atoms with Gasteiger partial charge in [-0.25, -0.2) is 9.50 Å². The van der Waals surface area contributed by atoms with Crippen molar-refractivity contribution in [1.29, 1.82) is 0 Å². The van der Waals surface area contributed by atoms with E-state index in [1.165, 1.54) is 19.3 Å². The Morgan fingerprint density at radius 2 is 2.16 bits per heavy atom. The van der Waals surface area contributed by atoms with Crippen LogP contribution in [0.5, 0.6) is 0 Å². The predicted octanol–water partition coefficient (Wildman–Crippen LogP) is 2.10. The largest absolute Gasteiger partial charge is 0.349 e. The highest BCUT2D eigenvalue weighted by atomic mass is 16.1. The molecule has 0 spiro atoms. The van der Waals surface area contributed by atoms with Gasteiger partial charge >= 0.3 is 0 Å². The quantitative estimate of drug-likeness (QED) is 0.897. The normalized spacial score (nSPS) is 16.7. The fraction of sp³-hybridized carbons (Fsp3) is 0.500. The Bertz CT molecular complexity index is 599. The molecule has 0 radical (unpaired) electrons. The summed E-state index contributed by atoms with van der Waals surface area (Å²) in [4.78, 5) is 16.7. The van der Waals surface area contributed by atoms with Crippen molar-refractivity contribution in [3.63, 3.8) is 0 Å². The number of rotatable bonds is 2. The fourth-order valence-corrected chi connectivity index (χ4v) is 2.77. The Balaban J connectivity index is 1.86. The van der Waals surface area contributed by atoms with Crippen molar-refractivity contribution in [1.82, 2.24) is 19.9 Å². The average molecular weight is 258 g/mol. The molecule has 0 aromatic carbocycles. The summed E-state index contributed by atoms with van der Waals surface area (Å²) in [6.45, 7) is 1.85. The molecule has 0 bridgehead atoms. The number of carbonyl (C=O) groups is 1. The van der Waals surface area contributed by atoms with E-state index in [2.05, 4.69) is 15.4 Å². The molecular weight excluding hydrogens is 240 g/mol. The maximum Gasteiger partial charge on any atom is 0.257 e. The maximum atomic E-state index is 12.4. The van der Waals surface area contributed by atoms with Crippen LogP contribution in [-0.2, 0) is 0 Å². The maximum absolute atomic E-state index is 12.4. The van der Waals surface area contributed by atoms with Crippen molar-refractivity contribution in [3.05, 3.63) is 29.7 Å². The van der Waals surface area contributed by atoms with E-state index in [9.17, 15) is 4.79 Å². The van der Waals surface area contributed by atoms with Crippen LogP contribution in [0.2, 0.25) is 0 Å². The van der Waals surface area contributed by atoms with Crippen LogP contribution in [0.3, 0.4) is 0 Å². The van der Waals surface area contributed by atoms with Crippen LogP contribution in [0.1, 0.15) is 48.2 Å². The molecule has 1 aliphatic rings.